The number of rotatable bonds is 2. The number of hydrogen-bond donors (Lipinski definition) is 1. The summed E-state index contributed by atoms with van der Waals surface area (Å²) in [6, 6.07) is 11.3. The molecule has 2 heterocycles. The molecule has 0 radical (unpaired) electrons. The van der Waals surface area contributed by atoms with Gasteiger partial charge in [-0.05, 0) is 63.1 Å². The molecule has 8 heteroatoms. The van der Waals surface area contributed by atoms with E-state index in [1.807, 2.05) is 6.07 Å². The average Bonchev–Trinajstić information content (AvgIpc) is 2.96. The van der Waals surface area contributed by atoms with E-state index in [0.717, 1.165) is 4.90 Å². The first-order valence-electron chi connectivity index (χ1n) is 10.9. The summed E-state index contributed by atoms with van der Waals surface area (Å²) in [7, 11) is 0. The van der Waals surface area contributed by atoms with Gasteiger partial charge in [-0.1, -0.05) is 53.6 Å². The lowest BCUT2D eigenvalue weighted by atomic mass is 9.59. The summed E-state index contributed by atoms with van der Waals surface area (Å²) in [5, 5.41) is 3.80. The van der Waals surface area contributed by atoms with Crippen LogP contribution in [0.5, 0.6) is 0 Å². The minimum Gasteiger partial charge on any atom is -0.443 e. The number of carbonyl (C=O) groups is 3. The quantitative estimate of drug-likeness (QED) is 0.531. The second kappa shape index (κ2) is 8.43. The van der Waals surface area contributed by atoms with E-state index in [1.165, 1.54) is 0 Å². The predicted molar refractivity (Wildman–Crippen MR) is 132 cm³/mol. The van der Waals surface area contributed by atoms with Crippen LogP contribution in [0.4, 0.5) is 10.5 Å². The number of ether oxygens (including phenoxy) is 1. The van der Waals surface area contributed by atoms with Gasteiger partial charge in [0.05, 0.1) is 11.7 Å². The molecule has 3 amide bonds. The highest BCUT2D eigenvalue weighted by atomic mass is 35.5. The molecule has 2 aliphatic rings. The van der Waals surface area contributed by atoms with Crippen LogP contribution in [0.3, 0.4) is 0 Å². The molecule has 1 fully saturated rings. The Morgan fingerprint density at radius 2 is 1.82 bits per heavy atom. The van der Waals surface area contributed by atoms with Crippen molar-refractivity contribution in [3.8, 4) is 0 Å². The van der Waals surface area contributed by atoms with Crippen molar-refractivity contribution in [3.05, 3.63) is 75.8 Å². The van der Waals surface area contributed by atoms with E-state index in [2.05, 4.69) is 11.9 Å². The third-order valence-corrected chi connectivity index (χ3v) is 6.69. The van der Waals surface area contributed by atoms with Crippen molar-refractivity contribution in [2.75, 3.05) is 4.90 Å². The highest BCUT2D eigenvalue weighted by Crippen LogP contribution is 2.56. The van der Waals surface area contributed by atoms with Crippen molar-refractivity contribution in [1.29, 1.82) is 0 Å². The van der Waals surface area contributed by atoms with Gasteiger partial charge in [0.15, 0.2) is 0 Å². The normalized spacial score (nSPS) is 24.1. The van der Waals surface area contributed by atoms with E-state index in [0.29, 0.717) is 32.4 Å². The fourth-order valence-corrected chi connectivity index (χ4v) is 5.42. The fourth-order valence-electron chi connectivity index (χ4n) is 5.05. The summed E-state index contributed by atoms with van der Waals surface area (Å²) >= 11 is 12.6. The third-order valence-electron chi connectivity index (χ3n) is 6.22. The van der Waals surface area contributed by atoms with Crippen molar-refractivity contribution in [2.45, 2.75) is 57.1 Å². The Hall–Kier alpha value is -2.83. The molecule has 1 saturated heterocycles. The van der Waals surface area contributed by atoms with Crippen LogP contribution in [-0.4, -0.2) is 29.6 Å². The molecule has 3 atom stereocenters. The number of nitrogens with zero attached hydrogens (tertiary/aromatic N) is 1. The maximum absolute atomic E-state index is 14.4. The Balaban J connectivity index is 2.02. The van der Waals surface area contributed by atoms with Gasteiger partial charge in [-0.3, -0.25) is 9.59 Å². The van der Waals surface area contributed by atoms with Crippen molar-refractivity contribution in [2.24, 2.45) is 0 Å². The van der Waals surface area contributed by atoms with Gasteiger partial charge in [-0.25, -0.2) is 9.69 Å². The Labute approximate surface area is 208 Å². The highest BCUT2D eigenvalue weighted by Gasteiger charge is 2.64. The Morgan fingerprint density at radius 3 is 2.44 bits per heavy atom. The number of carbonyl (C=O) groups excluding carboxylic acids is 3. The summed E-state index contributed by atoms with van der Waals surface area (Å²) in [5.74, 6) is -1.33. The zero-order valence-electron chi connectivity index (χ0n) is 19.4. The zero-order chi connectivity index (χ0) is 25.0. The van der Waals surface area contributed by atoms with Gasteiger partial charge in [-0.2, -0.15) is 0 Å². The fraction of sp³-hybridized carbons (Fsp3) is 0.346. The number of benzene rings is 2. The van der Waals surface area contributed by atoms with Crippen LogP contribution in [0, 0.1) is 0 Å². The number of piperidine rings is 1. The van der Waals surface area contributed by atoms with Gasteiger partial charge >= 0.3 is 6.09 Å². The number of halogens is 2. The largest absolute Gasteiger partial charge is 0.443 e. The van der Waals surface area contributed by atoms with Crippen molar-refractivity contribution in [1.82, 2.24) is 5.32 Å². The molecule has 3 unspecified atom stereocenters. The van der Waals surface area contributed by atoms with E-state index in [9.17, 15) is 14.4 Å². The minimum absolute atomic E-state index is 0.0279. The third kappa shape index (κ3) is 3.89. The minimum atomic E-state index is -1.35. The van der Waals surface area contributed by atoms with Gasteiger partial charge in [0.1, 0.15) is 11.0 Å². The maximum atomic E-state index is 14.4. The van der Waals surface area contributed by atoms with Crippen molar-refractivity contribution < 1.29 is 19.1 Å². The monoisotopic (exact) mass is 500 g/mol. The standard InChI is InChI=1S/C26H26Cl2N2O4/c1-14(2)22-26(19(13-21(31)29-22)15-7-6-8-16(27)11-15)18-10-9-17(28)12-20(18)30(23(26)32)24(33)34-25(3,4)5/h6-12,19,22H,1,13H2,2-5H3,(H,29,31). The molecule has 178 valence electrons. The van der Waals surface area contributed by atoms with Gasteiger partial charge in [-0.15, -0.1) is 0 Å². The average molecular weight is 501 g/mol. The molecule has 1 N–H and O–H groups in total. The molecule has 2 aliphatic heterocycles. The molecule has 4 rings (SSSR count). The van der Waals surface area contributed by atoms with Crippen molar-refractivity contribution >= 4 is 46.8 Å². The van der Waals surface area contributed by atoms with Crippen LogP contribution in [0.1, 0.15) is 51.2 Å². The molecular weight excluding hydrogens is 475 g/mol. The summed E-state index contributed by atoms with van der Waals surface area (Å²) in [5.41, 5.74) is 0.0368. The van der Waals surface area contributed by atoms with Crippen LogP contribution in [0.15, 0.2) is 54.6 Å². The smallest absolute Gasteiger partial charge is 0.421 e. The van der Waals surface area contributed by atoms with Crippen LogP contribution in [-0.2, 0) is 19.7 Å². The van der Waals surface area contributed by atoms with Crippen LogP contribution in [0.25, 0.3) is 0 Å². The lowest BCUT2D eigenvalue weighted by molar-refractivity contribution is -0.131. The topological polar surface area (TPSA) is 75.7 Å². The molecule has 6 nitrogen and oxygen atoms in total. The van der Waals surface area contributed by atoms with E-state index >= 15 is 0 Å². The summed E-state index contributed by atoms with van der Waals surface area (Å²) in [4.78, 5) is 41.6. The van der Waals surface area contributed by atoms with E-state index in [1.54, 1.807) is 64.1 Å². The lowest BCUT2D eigenvalue weighted by Gasteiger charge is -2.46. The van der Waals surface area contributed by atoms with Gasteiger partial charge in [0, 0.05) is 22.4 Å². The molecule has 2 aromatic carbocycles. The molecule has 0 aliphatic carbocycles. The maximum Gasteiger partial charge on any atom is 0.421 e. The number of imide groups is 1. The van der Waals surface area contributed by atoms with E-state index in [4.69, 9.17) is 27.9 Å². The molecule has 0 aromatic heterocycles. The first kappa shape index (κ1) is 24.3. The number of nitrogens with one attached hydrogen (secondary N) is 1. The zero-order valence-corrected chi connectivity index (χ0v) is 21.0. The summed E-state index contributed by atoms with van der Waals surface area (Å²) < 4.78 is 5.59. The van der Waals surface area contributed by atoms with Crippen LogP contribution >= 0.6 is 23.2 Å². The summed E-state index contributed by atoms with van der Waals surface area (Å²) in [6.07, 6.45) is -0.778. The van der Waals surface area contributed by atoms with Gasteiger partial charge < -0.3 is 10.1 Å². The van der Waals surface area contributed by atoms with E-state index < -0.39 is 35.0 Å². The van der Waals surface area contributed by atoms with Crippen LogP contribution < -0.4 is 10.2 Å². The second-order valence-corrected chi connectivity index (χ2v) is 10.7. The number of amides is 3. The van der Waals surface area contributed by atoms with Crippen LogP contribution in [0.2, 0.25) is 10.0 Å². The summed E-state index contributed by atoms with van der Waals surface area (Å²) in [6.45, 7) is 11.0. The molecule has 34 heavy (non-hydrogen) atoms. The highest BCUT2D eigenvalue weighted by molar-refractivity contribution is 6.32. The molecular formula is C26H26Cl2N2O4. The SMILES string of the molecule is C=C(C)C1NC(=O)CC(c2cccc(Cl)c2)C12C(=O)N(C(=O)OC(C)(C)C)c1cc(Cl)ccc12. The van der Waals surface area contributed by atoms with Gasteiger partial charge in [0.25, 0.3) is 0 Å². The predicted octanol–water partition coefficient (Wildman–Crippen LogP) is 5.76. The Morgan fingerprint density at radius 1 is 1.15 bits per heavy atom. The molecule has 0 bridgehead atoms. The molecule has 1 spiro atoms. The van der Waals surface area contributed by atoms with E-state index in [-0.39, 0.29) is 12.3 Å². The molecule has 0 saturated carbocycles. The lowest BCUT2D eigenvalue weighted by Crippen LogP contribution is -2.63. The number of anilines is 1. The van der Waals surface area contributed by atoms with Gasteiger partial charge in [0.2, 0.25) is 11.8 Å². The first-order valence-corrected chi connectivity index (χ1v) is 11.7. The number of fused-ring (bicyclic) bond motifs is 2. The molecule has 2 aromatic rings. The number of hydrogen-bond acceptors (Lipinski definition) is 4. The van der Waals surface area contributed by atoms with Crippen molar-refractivity contribution in [3.63, 3.8) is 0 Å². The Bertz CT molecular complexity index is 1220. The second-order valence-electron chi connectivity index (χ2n) is 9.81. The first-order chi connectivity index (χ1) is 15.9. The Kier molecular flexibility index (Phi) is 6.03.